The van der Waals surface area contributed by atoms with Crippen molar-refractivity contribution in [1.29, 1.82) is 0 Å². The lowest BCUT2D eigenvalue weighted by Gasteiger charge is -2.10. The Bertz CT molecular complexity index is 536. The quantitative estimate of drug-likeness (QED) is 0.641. The molecule has 1 heterocycles. The number of hydrogen-bond donors (Lipinski definition) is 1. The van der Waals surface area contributed by atoms with Crippen LogP contribution in [0.2, 0.25) is 0 Å². The maximum absolute atomic E-state index is 12.7. The summed E-state index contributed by atoms with van der Waals surface area (Å²) in [4.78, 5) is 23.0. The lowest BCUT2D eigenvalue weighted by atomic mass is 10.2. The highest BCUT2D eigenvalue weighted by Gasteiger charge is 2.16. The van der Waals surface area contributed by atoms with Crippen LogP contribution in [0, 0.1) is 5.82 Å². The summed E-state index contributed by atoms with van der Waals surface area (Å²) < 4.78 is 22.9. The van der Waals surface area contributed by atoms with E-state index in [9.17, 15) is 14.0 Å². The molecule has 1 atom stereocenters. The highest BCUT2D eigenvalue weighted by atomic mass is 19.1. The number of halogens is 1. The lowest BCUT2D eigenvalue weighted by molar-refractivity contribution is -0.143. The topological polar surface area (TPSA) is 64.6 Å². The van der Waals surface area contributed by atoms with Crippen LogP contribution in [0.3, 0.4) is 0 Å². The zero-order valence-corrected chi connectivity index (χ0v) is 12.1. The lowest BCUT2D eigenvalue weighted by Crippen LogP contribution is -2.34. The van der Waals surface area contributed by atoms with Gasteiger partial charge in [-0.1, -0.05) is 12.1 Å². The van der Waals surface area contributed by atoms with Gasteiger partial charge in [-0.3, -0.25) is 4.79 Å². The highest BCUT2D eigenvalue weighted by molar-refractivity contribution is 5.89. The van der Waals surface area contributed by atoms with Crippen LogP contribution in [0.5, 0.6) is 0 Å². The molecule has 118 valence electrons. The molecule has 0 aliphatic carbocycles. The van der Waals surface area contributed by atoms with E-state index in [0.717, 1.165) is 19.4 Å². The molecule has 1 saturated heterocycles. The van der Waals surface area contributed by atoms with Gasteiger partial charge in [0.15, 0.2) is 6.61 Å². The van der Waals surface area contributed by atoms with Crippen molar-refractivity contribution in [3.8, 4) is 0 Å². The van der Waals surface area contributed by atoms with Crippen LogP contribution in [0.1, 0.15) is 18.4 Å². The van der Waals surface area contributed by atoms with Crippen LogP contribution < -0.4 is 5.32 Å². The second kappa shape index (κ2) is 8.29. The fourth-order valence-electron chi connectivity index (χ4n) is 2.01. The molecule has 0 spiro atoms. The number of esters is 1. The molecule has 0 radical (unpaired) electrons. The Balaban J connectivity index is 1.66. The fraction of sp³-hybridized carbons (Fsp3) is 0.375. The summed E-state index contributed by atoms with van der Waals surface area (Å²) >= 11 is 0. The van der Waals surface area contributed by atoms with E-state index < -0.39 is 5.97 Å². The highest BCUT2D eigenvalue weighted by Crippen LogP contribution is 2.10. The van der Waals surface area contributed by atoms with E-state index in [1.54, 1.807) is 0 Å². The van der Waals surface area contributed by atoms with E-state index in [0.29, 0.717) is 12.1 Å². The third-order valence-corrected chi connectivity index (χ3v) is 3.18. The molecule has 1 aromatic carbocycles. The molecule has 2 rings (SSSR count). The third-order valence-electron chi connectivity index (χ3n) is 3.18. The zero-order valence-electron chi connectivity index (χ0n) is 12.1. The summed E-state index contributed by atoms with van der Waals surface area (Å²) in [5, 5.41) is 2.65. The van der Waals surface area contributed by atoms with Crippen LogP contribution in [0.15, 0.2) is 30.3 Å². The first-order valence-corrected chi connectivity index (χ1v) is 7.12. The minimum Gasteiger partial charge on any atom is -0.452 e. The number of carbonyl (C=O) groups is 2. The van der Waals surface area contributed by atoms with Crippen molar-refractivity contribution in [3.63, 3.8) is 0 Å². The van der Waals surface area contributed by atoms with Crippen LogP contribution in [0.4, 0.5) is 4.39 Å². The molecular weight excluding hydrogens is 289 g/mol. The van der Waals surface area contributed by atoms with Gasteiger partial charge in [0.25, 0.3) is 5.91 Å². The van der Waals surface area contributed by atoms with E-state index in [2.05, 4.69) is 5.32 Å². The van der Waals surface area contributed by atoms with Crippen molar-refractivity contribution in [3.05, 3.63) is 41.7 Å². The van der Waals surface area contributed by atoms with E-state index in [1.165, 1.54) is 36.4 Å². The molecular formula is C16H18FNO4. The predicted octanol–water partition coefficient (Wildman–Crippen LogP) is 1.68. The van der Waals surface area contributed by atoms with Gasteiger partial charge in [-0.25, -0.2) is 9.18 Å². The molecule has 1 aromatic rings. The summed E-state index contributed by atoms with van der Waals surface area (Å²) in [6.45, 7) is 0.824. The molecule has 1 amide bonds. The SMILES string of the molecule is O=C(COC(=O)/C=C/c1ccc(F)cc1)NC[C@H]1CCCO1. The summed E-state index contributed by atoms with van der Waals surface area (Å²) in [7, 11) is 0. The van der Waals surface area contributed by atoms with Crippen molar-refractivity contribution < 1.29 is 23.5 Å². The molecule has 5 nitrogen and oxygen atoms in total. The number of nitrogens with one attached hydrogen (secondary N) is 1. The van der Waals surface area contributed by atoms with Crippen LogP contribution >= 0.6 is 0 Å². The maximum Gasteiger partial charge on any atom is 0.331 e. The van der Waals surface area contributed by atoms with Gasteiger partial charge >= 0.3 is 5.97 Å². The predicted molar refractivity (Wildman–Crippen MR) is 78.4 cm³/mol. The summed E-state index contributed by atoms with van der Waals surface area (Å²) in [6.07, 6.45) is 4.68. The van der Waals surface area contributed by atoms with Gasteiger partial charge in [0.05, 0.1) is 6.10 Å². The Kier molecular flexibility index (Phi) is 6.09. The summed E-state index contributed by atoms with van der Waals surface area (Å²) in [5.41, 5.74) is 0.668. The van der Waals surface area contributed by atoms with Gasteiger partial charge in [0.2, 0.25) is 0 Å². The molecule has 1 aliphatic rings. The fourth-order valence-corrected chi connectivity index (χ4v) is 2.01. The van der Waals surface area contributed by atoms with Crippen LogP contribution in [0.25, 0.3) is 6.08 Å². The number of hydrogen-bond acceptors (Lipinski definition) is 4. The summed E-state index contributed by atoms with van der Waals surface area (Å²) in [5.74, 6) is -1.33. The molecule has 1 aliphatic heterocycles. The standard InChI is InChI=1S/C16H18FNO4/c17-13-6-3-12(4-7-13)5-8-16(20)22-11-15(19)18-10-14-2-1-9-21-14/h3-8,14H,1-2,9-11H2,(H,18,19)/b8-5+/t14-/m1/s1. The Morgan fingerprint density at radius 2 is 2.14 bits per heavy atom. The Labute approximate surface area is 128 Å². The van der Waals surface area contributed by atoms with Gasteiger partial charge in [-0.15, -0.1) is 0 Å². The van der Waals surface area contributed by atoms with E-state index in [4.69, 9.17) is 9.47 Å². The monoisotopic (exact) mass is 307 g/mol. The normalized spacial score (nSPS) is 17.6. The third kappa shape index (κ3) is 5.65. The molecule has 1 fully saturated rings. The van der Waals surface area contributed by atoms with Gasteiger partial charge in [-0.2, -0.15) is 0 Å². The first-order valence-electron chi connectivity index (χ1n) is 7.12. The molecule has 0 aromatic heterocycles. The van der Waals surface area contributed by atoms with E-state index in [1.807, 2.05) is 0 Å². The first-order chi connectivity index (χ1) is 10.6. The van der Waals surface area contributed by atoms with Crippen molar-refractivity contribution in [2.24, 2.45) is 0 Å². The Hall–Kier alpha value is -2.21. The Morgan fingerprint density at radius 1 is 1.36 bits per heavy atom. The van der Waals surface area contributed by atoms with E-state index in [-0.39, 0.29) is 24.4 Å². The average Bonchev–Trinajstić information content (AvgIpc) is 3.04. The second-order valence-corrected chi connectivity index (χ2v) is 4.93. The number of rotatable bonds is 6. The molecule has 0 unspecified atom stereocenters. The Morgan fingerprint density at radius 3 is 2.82 bits per heavy atom. The largest absolute Gasteiger partial charge is 0.452 e. The van der Waals surface area contributed by atoms with Gasteiger partial charge in [0.1, 0.15) is 5.82 Å². The van der Waals surface area contributed by atoms with Crippen LogP contribution in [-0.4, -0.2) is 37.7 Å². The van der Waals surface area contributed by atoms with E-state index >= 15 is 0 Å². The smallest absolute Gasteiger partial charge is 0.331 e. The minimum atomic E-state index is -0.628. The van der Waals surface area contributed by atoms with Crippen LogP contribution in [-0.2, 0) is 19.1 Å². The molecule has 6 heteroatoms. The first kappa shape index (κ1) is 16.2. The van der Waals surface area contributed by atoms with Crippen molar-refractivity contribution in [1.82, 2.24) is 5.32 Å². The van der Waals surface area contributed by atoms with Crippen molar-refractivity contribution in [2.75, 3.05) is 19.8 Å². The molecule has 0 bridgehead atoms. The average molecular weight is 307 g/mol. The number of amides is 1. The van der Waals surface area contributed by atoms with Crippen molar-refractivity contribution >= 4 is 18.0 Å². The molecule has 1 N–H and O–H groups in total. The van der Waals surface area contributed by atoms with Gasteiger partial charge < -0.3 is 14.8 Å². The molecule has 22 heavy (non-hydrogen) atoms. The number of ether oxygens (including phenoxy) is 2. The van der Waals surface area contributed by atoms with Gasteiger partial charge in [0, 0.05) is 19.2 Å². The zero-order chi connectivity index (χ0) is 15.8. The minimum absolute atomic E-state index is 0.0537. The van der Waals surface area contributed by atoms with Gasteiger partial charge in [-0.05, 0) is 36.6 Å². The second-order valence-electron chi connectivity index (χ2n) is 4.93. The number of benzene rings is 1. The maximum atomic E-state index is 12.7. The molecule has 0 saturated carbocycles. The number of carbonyl (C=O) groups excluding carboxylic acids is 2. The van der Waals surface area contributed by atoms with Crippen molar-refractivity contribution in [2.45, 2.75) is 18.9 Å². The summed E-state index contributed by atoms with van der Waals surface area (Å²) in [6, 6.07) is 5.66.